The average molecular weight is 265 g/mol. The molecule has 2 aromatic carbocycles. The van der Waals surface area contributed by atoms with Crippen molar-refractivity contribution in [3.8, 4) is 0 Å². The summed E-state index contributed by atoms with van der Waals surface area (Å²) in [5.41, 5.74) is 0.406. The van der Waals surface area contributed by atoms with Gasteiger partial charge in [-0.15, -0.1) is 0 Å². The second-order valence-electron chi connectivity index (χ2n) is 4.32. The summed E-state index contributed by atoms with van der Waals surface area (Å²) in [7, 11) is 0. The maximum absolute atomic E-state index is 12.9. The summed E-state index contributed by atoms with van der Waals surface area (Å²) >= 11 is 0. The molecule has 4 heteroatoms. The van der Waals surface area contributed by atoms with Gasteiger partial charge in [0.1, 0.15) is 0 Å². The van der Waals surface area contributed by atoms with Crippen molar-refractivity contribution in [3.63, 3.8) is 0 Å². The first-order valence-corrected chi connectivity index (χ1v) is 5.96. The van der Waals surface area contributed by atoms with Gasteiger partial charge in [0.05, 0.1) is 5.56 Å². The molecule has 1 atom stereocenters. The van der Waals surface area contributed by atoms with Gasteiger partial charge in [-0.1, -0.05) is 42.5 Å². The predicted octanol–water partition coefficient (Wildman–Crippen LogP) is 4.88. The number of alkyl halides is 3. The Morgan fingerprint density at radius 1 is 0.895 bits per heavy atom. The van der Waals surface area contributed by atoms with Gasteiger partial charge in [0.25, 0.3) is 0 Å². The fraction of sp³-hybridized carbons (Fsp3) is 0.200. The number of para-hydroxylation sites is 1. The summed E-state index contributed by atoms with van der Waals surface area (Å²) in [6.07, 6.45) is -4.35. The maximum Gasteiger partial charge on any atom is 0.418 e. The number of halogens is 3. The molecule has 1 nitrogen and oxygen atoms in total. The van der Waals surface area contributed by atoms with Gasteiger partial charge < -0.3 is 5.32 Å². The van der Waals surface area contributed by atoms with Crippen molar-refractivity contribution in [2.24, 2.45) is 0 Å². The van der Waals surface area contributed by atoms with E-state index in [1.807, 2.05) is 37.3 Å². The van der Waals surface area contributed by atoms with Crippen molar-refractivity contribution >= 4 is 5.69 Å². The maximum atomic E-state index is 12.9. The molecule has 0 spiro atoms. The van der Waals surface area contributed by atoms with Crippen LogP contribution in [0, 0.1) is 0 Å². The molecule has 0 saturated carbocycles. The molecule has 0 bridgehead atoms. The highest BCUT2D eigenvalue weighted by molar-refractivity contribution is 5.53. The molecule has 0 aliphatic heterocycles. The predicted molar refractivity (Wildman–Crippen MR) is 69.9 cm³/mol. The zero-order chi connectivity index (χ0) is 13.9. The molecule has 0 fully saturated rings. The van der Waals surface area contributed by atoms with Crippen LogP contribution in [0.3, 0.4) is 0 Å². The van der Waals surface area contributed by atoms with Gasteiger partial charge in [-0.05, 0) is 24.6 Å². The van der Waals surface area contributed by atoms with Crippen LogP contribution in [0.2, 0.25) is 0 Å². The molecule has 1 N–H and O–H groups in total. The topological polar surface area (TPSA) is 12.0 Å². The lowest BCUT2D eigenvalue weighted by Crippen LogP contribution is -2.13. The van der Waals surface area contributed by atoms with Crippen molar-refractivity contribution < 1.29 is 13.2 Å². The summed E-state index contributed by atoms with van der Waals surface area (Å²) in [5, 5.41) is 2.91. The molecule has 0 aliphatic rings. The number of hydrogen-bond acceptors (Lipinski definition) is 1. The average Bonchev–Trinajstić information content (AvgIpc) is 2.39. The van der Waals surface area contributed by atoms with Crippen molar-refractivity contribution in [3.05, 3.63) is 65.7 Å². The first-order chi connectivity index (χ1) is 8.98. The first kappa shape index (κ1) is 13.5. The zero-order valence-corrected chi connectivity index (χ0v) is 10.4. The summed E-state index contributed by atoms with van der Waals surface area (Å²) in [6, 6.07) is 14.7. The van der Waals surface area contributed by atoms with Crippen LogP contribution in [-0.4, -0.2) is 0 Å². The van der Waals surface area contributed by atoms with Crippen LogP contribution in [0.5, 0.6) is 0 Å². The lowest BCUT2D eigenvalue weighted by molar-refractivity contribution is -0.137. The quantitative estimate of drug-likeness (QED) is 0.834. The highest BCUT2D eigenvalue weighted by atomic mass is 19.4. The van der Waals surface area contributed by atoms with Crippen LogP contribution in [0.15, 0.2) is 54.6 Å². The van der Waals surface area contributed by atoms with Gasteiger partial charge in [0.15, 0.2) is 0 Å². The number of rotatable bonds is 3. The van der Waals surface area contributed by atoms with Crippen LogP contribution in [0.1, 0.15) is 24.1 Å². The monoisotopic (exact) mass is 265 g/mol. The largest absolute Gasteiger partial charge is 0.418 e. The summed E-state index contributed by atoms with van der Waals surface area (Å²) in [6.45, 7) is 1.84. The van der Waals surface area contributed by atoms with Crippen molar-refractivity contribution in [1.29, 1.82) is 0 Å². The Labute approximate surface area is 110 Å². The highest BCUT2D eigenvalue weighted by Gasteiger charge is 2.33. The molecule has 19 heavy (non-hydrogen) atoms. The van der Waals surface area contributed by atoms with Gasteiger partial charge in [-0.3, -0.25) is 0 Å². The summed E-state index contributed by atoms with van der Waals surface area (Å²) in [4.78, 5) is 0. The molecule has 2 aromatic rings. The Balaban J connectivity index is 2.25. The minimum Gasteiger partial charge on any atom is -0.378 e. The molecule has 0 saturated heterocycles. The minimum absolute atomic E-state index is 0.103. The van der Waals surface area contributed by atoms with E-state index in [1.54, 1.807) is 6.07 Å². The molecule has 2 rings (SSSR count). The number of nitrogens with one attached hydrogen (secondary N) is 1. The normalized spacial score (nSPS) is 13.1. The smallest absolute Gasteiger partial charge is 0.378 e. The van der Waals surface area contributed by atoms with Gasteiger partial charge >= 0.3 is 6.18 Å². The standard InChI is InChI=1S/C15H14F3N/c1-11(12-7-3-2-4-8-12)19-14-10-6-5-9-13(14)15(16,17)18/h2-11,19H,1H3. The SMILES string of the molecule is CC(Nc1ccccc1C(F)(F)F)c1ccccc1. The number of anilines is 1. The van der Waals surface area contributed by atoms with Crippen molar-refractivity contribution in [1.82, 2.24) is 0 Å². The zero-order valence-electron chi connectivity index (χ0n) is 10.4. The molecule has 100 valence electrons. The molecular weight excluding hydrogens is 251 g/mol. The van der Waals surface area contributed by atoms with Crippen LogP contribution >= 0.6 is 0 Å². The molecule has 1 unspecified atom stereocenters. The van der Waals surface area contributed by atoms with Gasteiger partial charge in [-0.2, -0.15) is 13.2 Å². The molecule has 0 aliphatic carbocycles. The van der Waals surface area contributed by atoms with E-state index in [4.69, 9.17) is 0 Å². The molecule has 0 amide bonds. The second-order valence-corrected chi connectivity index (χ2v) is 4.32. The van der Waals surface area contributed by atoms with E-state index in [0.717, 1.165) is 11.6 Å². The Hall–Kier alpha value is -1.97. The van der Waals surface area contributed by atoms with Crippen LogP contribution in [-0.2, 0) is 6.18 Å². The van der Waals surface area contributed by atoms with Crippen LogP contribution < -0.4 is 5.32 Å². The van der Waals surface area contributed by atoms with E-state index in [2.05, 4.69) is 5.32 Å². The minimum atomic E-state index is -4.35. The molecule has 0 heterocycles. The van der Waals surface area contributed by atoms with E-state index in [1.165, 1.54) is 12.1 Å². The van der Waals surface area contributed by atoms with E-state index in [-0.39, 0.29) is 11.7 Å². The number of benzene rings is 2. The van der Waals surface area contributed by atoms with Gasteiger partial charge in [0, 0.05) is 11.7 Å². The Morgan fingerprint density at radius 2 is 1.47 bits per heavy atom. The van der Waals surface area contributed by atoms with E-state index >= 15 is 0 Å². The Kier molecular flexibility index (Phi) is 3.79. The van der Waals surface area contributed by atoms with Crippen molar-refractivity contribution in [2.45, 2.75) is 19.1 Å². The molecular formula is C15H14F3N. The first-order valence-electron chi connectivity index (χ1n) is 5.96. The third-order valence-electron chi connectivity index (χ3n) is 2.90. The van der Waals surface area contributed by atoms with E-state index in [0.29, 0.717) is 0 Å². The van der Waals surface area contributed by atoms with Gasteiger partial charge in [-0.25, -0.2) is 0 Å². The highest BCUT2D eigenvalue weighted by Crippen LogP contribution is 2.35. The Morgan fingerprint density at radius 3 is 2.11 bits per heavy atom. The summed E-state index contributed by atoms with van der Waals surface area (Å²) in [5.74, 6) is 0. The fourth-order valence-corrected chi connectivity index (χ4v) is 1.91. The second kappa shape index (κ2) is 5.34. The fourth-order valence-electron chi connectivity index (χ4n) is 1.91. The molecule has 0 aromatic heterocycles. The summed E-state index contributed by atoms with van der Waals surface area (Å²) < 4.78 is 38.6. The molecule has 0 radical (unpaired) electrons. The van der Waals surface area contributed by atoms with E-state index in [9.17, 15) is 13.2 Å². The van der Waals surface area contributed by atoms with Crippen molar-refractivity contribution in [2.75, 3.05) is 5.32 Å². The van der Waals surface area contributed by atoms with Gasteiger partial charge in [0.2, 0.25) is 0 Å². The number of hydrogen-bond donors (Lipinski definition) is 1. The lowest BCUT2D eigenvalue weighted by atomic mass is 10.1. The lowest BCUT2D eigenvalue weighted by Gasteiger charge is -2.19. The Bertz CT molecular complexity index is 535. The third kappa shape index (κ3) is 3.28. The van der Waals surface area contributed by atoms with Crippen LogP contribution in [0.25, 0.3) is 0 Å². The van der Waals surface area contributed by atoms with Crippen LogP contribution in [0.4, 0.5) is 18.9 Å². The van der Waals surface area contributed by atoms with E-state index < -0.39 is 11.7 Å². The third-order valence-corrected chi connectivity index (χ3v) is 2.90.